The zero-order valence-electron chi connectivity index (χ0n) is 49.8. The maximum atomic E-state index is 6.48. The zero-order valence-corrected chi connectivity index (χ0v) is 51.4. The maximum Gasteiger partial charge on any atom is 0.227 e. The van der Waals surface area contributed by atoms with Crippen LogP contribution in [0.3, 0.4) is 0 Å². The zero-order chi connectivity index (χ0) is 62.0. The van der Waals surface area contributed by atoms with Crippen LogP contribution in [0.15, 0.2) is 317 Å². The first-order valence-corrected chi connectivity index (χ1v) is 31.3. The van der Waals surface area contributed by atoms with E-state index in [1.54, 1.807) is 0 Å². The summed E-state index contributed by atoms with van der Waals surface area (Å²) in [5.41, 5.74) is 19.3. The molecule has 93 heavy (non-hydrogen) atoms. The van der Waals surface area contributed by atoms with Crippen LogP contribution in [0.25, 0.3) is 152 Å². The number of para-hydroxylation sites is 1. The van der Waals surface area contributed by atoms with Crippen molar-refractivity contribution in [3.05, 3.63) is 319 Å². The summed E-state index contributed by atoms with van der Waals surface area (Å²) in [6.07, 6.45) is 0.975. The summed E-state index contributed by atoms with van der Waals surface area (Å²) in [5, 5.41) is 2.13. The number of benzene rings is 12. The van der Waals surface area contributed by atoms with Crippen molar-refractivity contribution < 1.29 is 8.83 Å². The molecule has 0 atom stereocenters. The second-order valence-corrected chi connectivity index (χ2v) is 23.3. The van der Waals surface area contributed by atoms with Gasteiger partial charge >= 0.3 is 0 Å². The first-order chi connectivity index (χ1) is 46.0. The molecule has 440 valence electrons. The van der Waals surface area contributed by atoms with Crippen molar-refractivity contribution in [1.82, 2.24) is 44.4 Å². The number of oxazole rings is 2. The molecule has 0 spiro atoms. The van der Waals surface area contributed by atoms with Crippen LogP contribution in [0.4, 0.5) is 0 Å². The van der Waals surface area contributed by atoms with Crippen molar-refractivity contribution >= 4 is 59.9 Å². The quantitative estimate of drug-likeness (QED) is 0.137. The van der Waals surface area contributed by atoms with Crippen molar-refractivity contribution in [3.8, 4) is 108 Å². The molecule has 1 aliphatic carbocycles. The second-order valence-electron chi connectivity index (χ2n) is 22.3. The number of rotatable bonds is 9. The number of hydrogen-bond acceptors (Lipinski definition) is 10. The molecular formula is C81H52BrN9O2. The molecule has 11 nitrogen and oxygen atoms in total. The maximum absolute atomic E-state index is 6.48. The summed E-state index contributed by atoms with van der Waals surface area (Å²) in [6.45, 7) is 0. The van der Waals surface area contributed by atoms with Crippen LogP contribution in [-0.4, -0.2) is 44.4 Å². The van der Waals surface area contributed by atoms with Gasteiger partial charge in [-0.2, -0.15) is 0 Å². The smallest absolute Gasteiger partial charge is 0.227 e. The van der Waals surface area contributed by atoms with Gasteiger partial charge in [0.05, 0.1) is 16.4 Å². The number of hydrogen-bond donors (Lipinski definition) is 0. The van der Waals surface area contributed by atoms with Gasteiger partial charge in [-0.05, 0) is 95.9 Å². The lowest BCUT2D eigenvalue weighted by atomic mass is 10.1. The summed E-state index contributed by atoms with van der Waals surface area (Å²) in [5.74, 6) is 5.18. The average Bonchev–Trinajstić information content (AvgIpc) is 1.59. The van der Waals surface area contributed by atoms with Crippen LogP contribution in [-0.2, 0) is 6.42 Å². The predicted octanol–water partition coefficient (Wildman–Crippen LogP) is 20.5. The molecule has 18 rings (SSSR count). The lowest BCUT2D eigenvalue weighted by Gasteiger charge is -2.11. The molecule has 5 heterocycles. The molecule has 17 aromatic rings. The summed E-state index contributed by atoms with van der Waals surface area (Å²) >= 11 is 3.52. The highest BCUT2D eigenvalue weighted by atomic mass is 79.9. The normalized spacial score (nSPS) is 11.5. The molecule has 5 aromatic heterocycles. The van der Waals surface area contributed by atoms with E-state index in [1.165, 1.54) is 22.3 Å². The number of nitrogens with zero attached hydrogens (tertiary/aromatic N) is 9. The molecule has 0 fully saturated rings. The molecule has 0 N–H and O–H groups in total. The topological polar surface area (TPSA) is 134 Å². The second kappa shape index (κ2) is 24.7. The van der Waals surface area contributed by atoms with Gasteiger partial charge in [0.25, 0.3) is 0 Å². The van der Waals surface area contributed by atoms with Crippen molar-refractivity contribution in [2.24, 2.45) is 0 Å². The van der Waals surface area contributed by atoms with Gasteiger partial charge in [-0.25, -0.2) is 39.9 Å². The Balaban J connectivity index is 0.000000122. The monoisotopic (exact) mass is 1260 g/mol. The Morgan fingerprint density at radius 3 is 1.24 bits per heavy atom. The van der Waals surface area contributed by atoms with Gasteiger partial charge in [-0.15, -0.1) is 0 Å². The third-order valence-electron chi connectivity index (χ3n) is 16.4. The molecule has 0 amide bonds. The Morgan fingerprint density at radius 2 is 0.710 bits per heavy atom. The van der Waals surface area contributed by atoms with Crippen molar-refractivity contribution in [2.45, 2.75) is 6.42 Å². The van der Waals surface area contributed by atoms with E-state index in [-0.39, 0.29) is 0 Å². The summed E-state index contributed by atoms with van der Waals surface area (Å²) < 4.78 is 15.9. The van der Waals surface area contributed by atoms with Gasteiger partial charge in [-0.1, -0.05) is 246 Å². The molecule has 0 radical (unpaired) electrons. The third kappa shape index (κ3) is 11.2. The van der Waals surface area contributed by atoms with Crippen LogP contribution < -0.4 is 0 Å². The van der Waals surface area contributed by atoms with Gasteiger partial charge in [0.2, 0.25) is 11.8 Å². The molecule has 12 heteroatoms. The minimum Gasteiger partial charge on any atom is -0.435 e. The van der Waals surface area contributed by atoms with E-state index >= 15 is 0 Å². The number of halogens is 1. The highest BCUT2D eigenvalue weighted by molar-refractivity contribution is 9.10. The fraction of sp³-hybridized carbons (Fsp3) is 0.0123. The summed E-state index contributed by atoms with van der Waals surface area (Å²) in [4.78, 5) is 38.4. The third-order valence-corrected chi connectivity index (χ3v) is 16.9. The SMILES string of the molecule is Brc1cccc(-c2nc(-c3ccccc3)nc(-c3ccccc3)n2)c1.c1ccc(-c2nc(-c3ccccc3)nc(-c3cccc(-n4c5ccccc5c5c6oc(-c7ccccc7)nc6ccc54)c3)n2)cc1.c1ccc(-c2nc3ccc4c(c3o2)-c2ccccc2C4)cc1. The summed E-state index contributed by atoms with van der Waals surface area (Å²) in [7, 11) is 0. The lowest BCUT2D eigenvalue weighted by Crippen LogP contribution is -2.01. The van der Waals surface area contributed by atoms with Crippen LogP contribution in [0, 0.1) is 0 Å². The molecule has 0 bridgehead atoms. The molecule has 0 saturated heterocycles. The van der Waals surface area contributed by atoms with E-state index in [9.17, 15) is 0 Å². The fourth-order valence-corrected chi connectivity index (χ4v) is 12.4. The Hall–Kier alpha value is -12.1. The minimum absolute atomic E-state index is 0.611. The number of fused-ring (bicyclic) bond motifs is 10. The molecule has 0 aliphatic heterocycles. The first kappa shape index (κ1) is 56.1. The Bertz CT molecular complexity index is 5440. The Morgan fingerprint density at radius 1 is 0.301 bits per heavy atom. The van der Waals surface area contributed by atoms with E-state index in [0.29, 0.717) is 46.7 Å². The molecule has 12 aromatic carbocycles. The van der Waals surface area contributed by atoms with E-state index in [0.717, 1.165) is 105 Å². The molecular weight excluding hydrogens is 1210 g/mol. The highest BCUT2D eigenvalue weighted by Crippen LogP contribution is 2.43. The van der Waals surface area contributed by atoms with Gasteiger partial charge in [0.1, 0.15) is 11.0 Å². The van der Waals surface area contributed by atoms with Crippen LogP contribution in [0.2, 0.25) is 0 Å². The van der Waals surface area contributed by atoms with E-state index in [2.05, 4.69) is 121 Å². The standard InChI is InChI=1S/C40H25N5O.C21H14BrN3.C20H13NO/c1-4-13-26(14-5-1)37-42-38(27-15-6-2-7-16-27)44-39(43-37)29-19-12-20-30(25-29)45-33-22-11-10-21-31(33)35-34(45)24-23-32-36(35)46-40(41-32)28-17-8-3-9-18-28;22-18-13-7-12-17(14-18)21-24-19(15-8-3-1-4-9-15)23-20(25-21)16-10-5-2-6-11-16;1-2-6-13(7-3-1)20-21-17-11-10-15-12-14-8-4-5-9-16(14)18(15)19(17)22-20/h1-25H;1-14H;1-11H,12H2. The minimum atomic E-state index is 0.611. The van der Waals surface area contributed by atoms with E-state index < -0.39 is 0 Å². The fourth-order valence-electron chi connectivity index (χ4n) is 12.0. The Kier molecular flexibility index (Phi) is 14.9. The number of aromatic nitrogens is 9. The van der Waals surface area contributed by atoms with Gasteiger partial charge < -0.3 is 13.4 Å². The van der Waals surface area contributed by atoms with Gasteiger partial charge in [-0.3, -0.25) is 0 Å². The van der Waals surface area contributed by atoms with Crippen molar-refractivity contribution in [1.29, 1.82) is 0 Å². The van der Waals surface area contributed by atoms with Crippen LogP contribution in [0.5, 0.6) is 0 Å². The Labute approximate surface area is 543 Å². The van der Waals surface area contributed by atoms with Gasteiger partial charge in [0, 0.05) is 65.6 Å². The molecule has 1 aliphatic rings. The first-order valence-electron chi connectivity index (χ1n) is 30.5. The largest absolute Gasteiger partial charge is 0.435 e. The van der Waals surface area contributed by atoms with Crippen LogP contribution >= 0.6 is 15.9 Å². The predicted molar refractivity (Wildman–Crippen MR) is 375 cm³/mol. The van der Waals surface area contributed by atoms with Crippen molar-refractivity contribution in [3.63, 3.8) is 0 Å². The van der Waals surface area contributed by atoms with Crippen molar-refractivity contribution in [2.75, 3.05) is 0 Å². The molecule has 0 unspecified atom stereocenters. The lowest BCUT2D eigenvalue weighted by molar-refractivity contribution is 0.620. The highest BCUT2D eigenvalue weighted by Gasteiger charge is 2.25. The van der Waals surface area contributed by atoms with Gasteiger partial charge in [0.15, 0.2) is 46.1 Å². The van der Waals surface area contributed by atoms with E-state index in [4.69, 9.17) is 38.7 Å². The average molecular weight is 1260 g/mol. The summed E-state index contributed by atoms with van der Waals surface area (Å²) in [6, 6.07) is 102. The molecule has 0 saturated carbocycles. The van der Waals surface area contributed by atoms with E-state index in [1.807, 2.05) is 212 Å². The van der Waals surface area contributed by atoms with Crippen LogP contribution in [0.1, 0.15) is 11.1 Å².